The van der Waals surface area contributed by atoms with Crippen LogP contribution >= 0.6 is 0 Å². The molecule has 3 aromatic carbocycles. The van der Waals surface area contributed by atoms with Crippen LogP contribution in [0.4, 0.5) is 4.79 Å². The fourth-order valence-electron chi connectivity index (χ4n) is 2.72. The highest BCUT2D eigenvalue weighted by atomic mass is 16.6. The maximum Gasteiger partial charge on any atom is 0.412 e. The van der Waals surface area contributed by atoms with Gasteiger partial charge >= 0.3 is 12.1 Å². The lowest BCUT2D eigenvalue weighted by molar-refractivity contribution is -0.138. The van der Waals surface area contributed by atoms with Crippen LogP contribution in [0, 0.1) is 0 Å². The van der Waals surface area contributed by atoms with E-state index in [0.29, 0.717) is 32.9 Å². The van der Waals surface area contributed by atoms with Crippen molar-refractivity contribution in [2.75, 3.05) is 13.2 Å². The number of hydrogen-bond acceptors (Lipinski definition) is 5. The van der Waals surface area contributed by atoms with Crippen LogP contribution in [0.1, 0.15) is 6.92 Å². The fourth-order valence-corrected chi connectivity index (χ4v) is 2.72. The van der Waals surface area contributed by atoms with Gasteiger partial charge in [0.15, 0.2) is 0 Å². The number of phenols is 1. The number of aromatic hydroxyl groups is 1. The van der Waals surface area contributed by atoms with Crippen molar-refractivity contribution < 1.29 is 24.2 Å². The molecule has 1 amide bonds. The first kappa shape index (κ1) is 18.3. The quantitative estimate of drug-likeness (QED) is 0.310. The number of fused-ring (bicyclic) bond motifs is 2. The van der Waals surface area contributed by atoms with E-state index in [0.717, 1.165) is 0 Å². The van der Waals surface area contributed by atoms with Gasteiger partial charge in [0.2, 0.25) is 0 Å². The van der Waals surface area contributed by atoms with Gasteiger partial charge in [0.25, 0.3) is 0 Å². The van der Waals surface area contributed by atoms with E-state index in [2.05, 4.69) is 11.9 Å². The molecule has 27 heavy (non-hydrogen) atoms. The molecule has 0 unspecified atom stereocenters. The molecule has 0 bridgehead atoms. The zero-order valence-electron chi connectivity index (χ0n) is 14.8. The summed E-state index contributed by atoms with van der Waals surface area (Å²) in [4.78, 5) is 23.5. The summed E-state index contributed by atoms with van der Waals surface area (Å²) in [5, 5.41) is 15.5. The average Bonchev–Trinajstić information content (AvgIpc) is 2.68. The fraction of sp³-hybridized carbons (Fsp3) is 0.143. The highest BCUT2D eigenvalue weighted by Crippen LogP contribution is 2.41. The molecule has 0 heterocycles. The molecule has 0 saturated heterocycles. The molecular formula is C21H19NO5. The Morgan fingerprint density at radius 3 is 2.04 bits per heavy atom. The number of nitrogens with one attached hydrogen (secondary N) is 1. The number of carbonyl (C=O) groups excluding carboxylic acids is 2. The molecule has 0 aliphatic heterocycles. The Kier molecular flexibility index (Phi) is 5.26. The smallest absolute Gasteiger partial charge is 0.412 e. The van der Waals surface area contributed by atoms with Gasteiger partial charge in [-0.25, -0.2) is 9.59 Å². The zero-order valence-corrected chi connectivity index (χ0v) is 14.8. The highest BCUT2D eigenvalue weighted by Gasteiger charge is 2.16. The molecule has 0 spiro atoms. The van der Waals surface area contributed by atoms with Gasteiger partial charge < -0.3 is 19.9 Å². The van der Waals surface area contributed by atoms with Gasteiger partial charge in [-0.3, -0.25) is 0 Å². The van der Waals surface area contributed by atoms with Gasteiger partial charge in [-0.2, -0.15) is 0 Å². The Morgan fingerprint density at radius 2 is 1.52 bits per heavy atom. The van der Waals surface area contributed by atoms with Gasteiger partial charge in [-0.15, -0.1) is 0 Å². The molecule has 2 N–H and O–H groups in total. The SMILES string of the molecule is C=C(C)C(=O)OCCNC(=O)Oc1c2ccccc2c(O)c2ccccc12. The van der Waals surface area contributed by atoms with Crippen molar-refractivity contribution in [1.29, 1.82) is 0 Å². The number of rotatable bonds is 5. The van der Waals surface area contributed by atoms with E-state index in [9.17, 15) is 14.7 Å². The molecular weight excluding hydrogens is 346 g/mol. The molecule has 0 fully saturated rings. The molecule has 0 atom stereocenters. The van der Waals surface area contributed by atoms with Crippen LogP contribution in [0.2, 0.25) is 0 Å². The summed E-state index contributed by atoms with van der Waals surface area (Å²) >= 11 is 0. The Hall–Kier alpha value is -3.54. The molecule has 6 nitrogen and oxygen atoms in total. The maximum absolute atomic E-state index is 12.2. The van der Waals surface area contributed by atoms with Crippen molar-refractivity contribution in [1.82, 2.24) is 5.32 Å². The number of esters is 1. The summed E-state index contributed by atoms with van der Waals surface area (Å²) < 4.78 is 10.4. The van der Waals surface area contributed by atoms with Crippen LogP contribution in [-0.2, 0) is 9.53 Å². The molecule has 3 aromatic rings. The Labute approximate surface area is 156 Å². The van der Waals surface area contributed by atoms with Gasteiger partial charge in [0, 0.05) is 27.1 Å². The largest absolute Gasteiger partial charge is 0.507 e. The third-order valence-corrected chi connectivity index (χ3v) is 4.00. The predicted octanol–water partition coefficient (Wildman–Crippen LogP) is 3.91. The standard InChI is InChI=1S/C21H19NO5/c1-13(2)20(24)26-12-11-22-21(25)27-19-16-9-5-3-7-14(16)18(23)15-8-4-6-10-17(15)19/h3-10,23H,1,11-12H2,2H3,(H,22,25). The summed E-state index contributed by atoms with van der Waals surface area (Å²) in [7, 11) is 0. The molecule has 0 saturated carbocycles. The van der Waals surface area contributed by atoms with Gasteiger partial charge in [0.05, 0.1) is 6.54 Å². The number of carbonyl (C=O) groups is 2. The summed E-state index contributed by atoms with van der Waals surface area (Å²) in [6.45, 7) is 5.14. The van der Waals surface area contributed by atoms with Crippen molar-refractivity contribution in [3.63, 3.8) is 0 Å². The van der Waals surface area contributed by atoms with E-state index in [1.54, 1.807) is 55.5 Å². The van der Waals surface area contributed by atoms with E-state index in [4.69, 9.17) is 9.47 Å². The normalized spacial score (nSPS) is 10.6. The summed E-state index contributed by atoms with van der Waals surface area (Å²) in [5.74, 6) is -0.0169. The molecule has 3 rings (SSSR count). The second-order valence-electron chi connectivity index (χ2n) is 6.00. The van der Waals surface area contributed by atoms with Crippen molar-refractivity contribution in [2.24, 2.45) is 0 Å². The number of ether oxygens (including phenoxy) is 2. The minimum absolute atomic E-state index is 0.0118. The van der Waals surface area contributed by atoms with Gasteiger partial charge in [0.1, 0.15) is 18.1 Å². The minimum atomic E-state index is -0.678. The third kappa shape index (κ3) is 3.84. The van der Waals surface area contributed by atoms with Crippen molar-refractivity contribution in [3.8, 4) is 11.5 Å². The van der Waals surface area contributed by atoms with Crippen LogP contribution in [0.25, 0.3) is 21.5 Å². The lowest BCUT2D eigenvalue weighted by Gasteiger charge is -2.14. The zero-order chi connectivity index (χ0) is 19.4. The molecule has 0 aromatic heterocycles. The topological polar surface area (TPSA) is 84.9 Å². The average molecular weight is 365 g/mol. The van der Waals surface area contributed by atoms with Crippen LogP contribution in [0.5, 0.6) is 11.5 Å². The van der Waals surface area contributed by atoms with Gasteiger partial charge in [-0.1, -0.05) is 55.1 Å². The molecule has 0 aliphatic rings. The summed E-state index contributed by atoms with van der Waals surface area (Å²) in [5.41, 5.74) is 0.291. The number of benzene rings is 3. The molecule has 6 heteroatoms. The minimum Gasteiger partial charge on any atom is -0.507 e. The van der Waals surface area contributed by atoms with Crippen LogP contribution in [-0.4, -0.2) is 30.3 Å². The Balaban J connectivity index is 1.81. The first-order valence-corrected chi connectivity index (χ1v) is 8.39. The summed E-state index contributed by atoms with van der Waals surface area (Å²) in [6, 6.07) is 14.3. The molecule has 138 valence electrons. The van der Waals surface area contributed by atoms with E-state index in [1.165, 1.54) is 0 Å². The maximum atomic E-state index is 12.2. The first-order chi connectivity index (χ1) is 13.0. The monoisotopic (exact) mass is 365 g/mol. The van der Waals surface area contributed by atoms with E-state index in [-0.39, 0.29) is 18.9 Å². The Bertz CT molecular complexity index is 984. The van der Waals surface area contributed by atoms with Crippen LogP contribution < -0.4 is 10.1 Å². The predicted molar refractivity (Wildman–Crippen MR) is 103 cm³/mol. The van der Waals surface area contributed by atoms with Crippen LogP contribution in [0.15, 0.2) is 60.7 Å². The van der Waals surface area contributed by atoms with E-state index in [1.807, 2.05) is 0 Å². The lowest BCUT2D eigenvalue weighted by atomic mass is 10.0. The first-order valence-electron chi connectivity index (χ1n) is 8.39. The van der Waals surface area contributed by atoms with Crippen molar-refractivity contribution in [2.45, 2.75) is 6.92 Å². The highest BCUT2D eigenvalue weighted by molar-refractivity contribution is 6.11. The summed E-state index contributed by atoms with van der Waals surface area (Å²) in [6.07, 6.45) is -0.678. The van der Waals surface area contributed by atoms with E-state index >= 15 is 0 Å². The number of hydrogen-bond donors (Lipinski definition) is 2. The number of amides is 1. The third-order valence-electron chi connectivity index (χ3n) is 4.00. The number of phenolic OH excluding ortho intramolecular Hbond substituents is 1. The molecule has 0 aliphatic carbocycles. The van der Waals surface area contributed by atoms with Crippen molar-refractivity contribution in [3.05, 3.63) is 60.7 Å². The second kappa shape index (κ2) is 7.78. The van der Waals surface area contributed by atoms with E-state index < -0.39 is 12.1 Å². The lowest BCUT2D eigenvalue weighted by Crippen LogP contribution is -2.30. The van der Waals surface area contributed by atoms with Gasteiger partial charge in [-0.05, 0) is 6.92 Å². The van der Waals surface area contributed by atoms with Crippen molar-refractivity contribution >= 4 is 33.6 Å². The Morgan fingerprint density at radius 1 is 1.00 bits per heavy atom. The van der Waals surface area contributed by atoms with Crippen LogP contribution in [0.3, 0.4) is 0 Å². The second-order valence-corrected chi connectivity index (χ2v) is 6.00. The molecule has 0 radical (unpaired) electrons.